The summed E-state index contributed by atoms with van der Waals surface area (Å²) in [5.41, 5.74) is 8.72. The van der Waals surface area contributed by atoms with E-state index in [1.54, 1.807) is 31.3 Å². The van der Waals surface area contributed by atoms with Gasteiger partial charge in [-0.1, -0.05) is 18.2 Å². The minimum Gasteiger partial charge on any atom is -0.345 e. The maximum atomic E-state index is 13.6. The highest BCUT2D eigenvalue weighted by Crippen LogP contribution is 2.50. The minimum atomic E-state index is -3.89. The SMILES string of the molecule is Cc1ccccc1S(=O)(=O)c1nc2[nH]ccc2n2c(C3CC4CCC3(N)CC4)nnc12. The van der Waals surface area contributed by atoms with Gasteiger partial charge in [-0.15, -0.1) is 10.2 Å². The monoisotopic (exact) mass is 436 g/mol. The highest BCUT2D eigenvalue weighted by atomic mass is 32.2. The number of aromatic amines is 1. The predicted octanol–water partition coefficient (Wildman–Crippen LogP) is 3.12. The number of sulfone groups is 1. The van der Waals surface area contributed by atoms with Crippen LogP contribution in [0.1, 0.15) is 49.4 Å². The number of aryl methyl sites for hydroxylation is 1. The number of nitrogens with zero attached hydrogens (tertiary/aromatic N) is 4. The second kappa shape index (κ2) is 6.37. The molecule has 3 aliphatic carbocycles. The van der Waals surface area contributed by atoms with E-state index < -0.39 is 9.84 Å². The van der Waals surface area contributed by atoms with Gasteiger partial charge < -0.3 is 10.7 Å². The van der Waals surface area contributed by atoms with Gasteiger partial charge in [0.15, 0.2) is 11.3 Å². The number of H-pyrrole nitrogens is 1. The largest absolute Gasteiger partial charge is 0.345 e. The summed E-state index contributed by atoms with van der Waals surface area (Å²) in [7, 11) is -3.89. The molecule has 1 unspecified atom stereocenters. The molecule has 3 saturated carbocycles. The average molecular weight is 437 g/mol. The number of hydrogen-bond donors (Lipinski definition) is 2. The van der Waals surface area contributed by atoms with Crippen LogP contribution in [0.5, 0.6) is 0 Å². The Morgan fingerprint density at radius 1 is 1.16 bits per heavy atom. The van der Waals surface area contributed by atoms with Gasteiger partial charge in [-0.2, -0.15) is 0 Å². The van der Waals surface area contributed by atoms with Gasteiger partial charge in [0.05, 0.1) is 10.4 Å². The molecule has 3 N–H and O–H groups in total. The molecule has 0 radical (unpaired) electrons. The van der Waals surface area contributed by atoms with Crippen LogP contribution in [0.3, 0.4) is 0 Å². The zero-order valence-corrected chi connectivity index (χ0v) is 18.1. The van der Waals surface area contributed by atoms with Crippen LogP contribution in [0.2, 0.25) is 0 Å². The summed E-state index contributed by atoms with van der Waals surface area (Å²) in [6.07, 6.45) is 6.96. The second-order valence-corrected chi connectivity index (χ2v) is 10.9. The quantitative estimate of drug-likeness (QED) is 0.509. The van der Waals surface area contributed by atoms with Crippen LogP contribution in [0, 0.1) is 12.8 Å². The number of aromatic nitrogens is 5. The van der Waals surface area contributed by atoms with Crippen molar-refractivity contribution in [1.29, 1.82) is 0 Å². The molecule has 160 valence electrons. The lowest BCUT2D eigenvalue weighted by atomic mass is 9.60. The zero-order chi connectivity index (χ0) is 21.4. The first-order valence-electron chi connectivity index (χ1n) is 10.7. The second-order valence-electron chi connectivity index (χ2n) is 9.08. The Kier molecular flexibility index (Phi) is 3.89. The molecule has 3 aromatic heterocycles. The van der Waals surface area contributed by atoms with Gasteiger partial charge in [0.2, 0.25) is 14.9 Å². The van der Waals surface area contributed by atoms with Crippen LogP contribution in [0.15, 0.2) is 46.5 Å². The van der Waals surface area contributed by atoms with E-state index in [2.05, 4.69) is 20.2 Å². The maximum absolute atomic E-state index is 13.6. The summed E-state index contributed by atoms with van der Waals surface area (Å²) in [5.74, 6) is 1.43. The van der Waals surface area contributed by atoms with E-state index in [1.807, 2.05) is 16.5 Å². The fraction of sp³-hybridized carbons (Fsp3) is 0.409. The normalized spacial score (nSPS) is 26.1. The molecule has 2 bridgehead atoms. The van der Waals surface area contributed by atoms with Crippen LogP contribution in [-0.4, -0.2) is 38.5 Å². The molecule has 3 heterocycles. The van der Waals surface area contributed by atoms with E-state index in [4.69, 9.17) is 5.73 Å². The van der Waals surface area contributed by atoms with Gasteiger partial charge in [0, 0.05) is 17.7 Å². The van der Waals surface area contributed by atoms with Gasteiger partial charge in [-0.25, -0.2) is 13.4 Å². The summed E-state index contributed by atoms with van der Waals surface area (Å²) in [5, 5.41) is 8.80. The molecule has 3 aliphatic rings. The number of fused-ring (bicyclic) bond motifs is 6. The molecule has 8 nitrogen and oxygen atoms in total. The summed E-state index contributed by atoms with van der Waals surface area (Å²) >= 11 is 0. The van der Waals surface area contributed by atoms with E-state index >= 15 is 0 Å². The molecule has 7 rings (SSSR count). The Morgan fingerprint density at radius 2 is 1.94 bits per heavy atom. The van der Waals surface area contributed by atoms with Gasteiger partial charge in [-0.3, -0.25) is 4.40 Å². The third kappa shape index (κ3) is 2.62. The number of nitrogens with two attached hydrogens (primary N) is 1. The number of rotatable bonds is 3. The summed E-state index contributed by atoms with van der Waals surface area (Å²) < 4.78 is 29.1. The van der Waals surface area contributed by atoms with Crippen LogP contribution < -0.4 is 5.73 Å². The first-order valence-corrected chi connectivity index (χ1v) is 12.2. The third-order valence-electron chi connectivity index (χ3n) is 7.29. The molecule has 0 aliphatic heterocycles. The van der Waals surface area contributed by atoms with E-state index in [0.29, 0.717) is 17.1 Å². The summed E-state index contributed by atoms with van der Waals surface area (Å²) in [6.45, 7) is 1.78. The Hall–Kier alpha value is -2.78. The van der Waals surface area contributed by atoms with Crippen LogP contribution in [-0.2, 0) is 9.84 Å². The van der Waals surface area contributed by atoms with Gasteiger partial charge >= 0.3 is 0 Å². The minimum absolute atomic E-state index is 0.0458. The molecule has 0 amide bonds. The maximum Gasteiger partial charge on any atom is 0.228 e. The van der Waals surface area contributed by atoms with Crippen molar-refractivity contribution < 1.29 is 8.42 Å². The van der Waals surface area contributed by atoms with E-state index in [-0.39, 0.29) is 27.0 Å². The van der Waals surface area contributed by atoms with Crippen molar-refractivity contribution in [2.45, 2.75) is 60.4 Å². The Morgan fingerprint density at radius 3 is 2.68 bits per heavy atom. The van der Waals surface area contributed by atoms with Crippen LogP contribution >= 0.6 is 0 Å². The van der Waals surface area contributed by atoms with E-state index in [1.165, 1.54) is 0 Å². The molecule has 1 aromatic carbocycles. The standard InChI is InChI=1S/C22H24N6O2S/c1-13-4-2-3-5-17(13)31(29,30)21-20-27-26-19(28(20)16-8-11-24-18(16)25-21)15-12-14-6-9-22(15,23)10-7-14/h2-5,8,11,14-15,24H,6-7,9-10,12,23H2,1H3. The third-order valence-corrected chi connectivity index (χ3v) is 9.11. The molecular weight excluding hydrogens is 412 g/mol. The molecule has 31 heavy (non-hydrogen) atoms. The van der Waals surface area contributed by atoms with E-state index in [0.717, 1.165) is 43.4 Å². The van der Waals surface area contributed by atoms with Crippen molar-refractivity contribution >= 4 is 26.6 Å². The lowest BCUT2D eigenvalue weighted by Crippen LogP contribution is -2.53. The first kappa shape index (κ1) is 18.9. The summed E-state index contributed by atoms with van der Waals surface area (Å²) in [6, 6.07) is 8.81. The number of nitrogens with one attached hydrogen (secondary N) is 1. The number of benzene rings is 1. The van der Waals surface area contributed by atoms with Crippen molar-refractivity contribution in [3.63, 3.8) is 0 Å². The Labute approximate surface area is 179 Å². The van der Waals surface area contributed by atoms with Crippen molar-refractivity contribution in [3.8, 4) is 0 Å². The Balaban J connectivity index is 1.63. The molecule has 0 spiro atoms. The fourth-order valence-corrected chi connectivity index (χ4v) is 7.09. The molecule has 1 atom stereocenters. The van der Waals surface area contributed by atoms with Crippen molar-refractivity contribution in [2.24, 2.45) is 11.7 Å². The van der Waals surface area contributed by atoms with Crippen molar-refractivity contribution in [3.05, 3.63) is 47.9 Å². The van der Waals surface area contributed by atoms with Crippen molar-refractivity contribution in [2.75, 3.05) is 0 Å². The zero-order valence-electron chi connectivity index (χ0n) is 17.2. The summed E-state index contributed by atoms with van der Waals surface area (Å²) in [4.78, 5) is 7.78. The highest BCUT2D eigenvalue weighted by molar-refractivity contribution is 7.91. The smallest absolute Gasteiger partial charge is 0.228 e. The van der Waals surface area contributed by atoms with Gasteiger partial charge in [0.25, 0.3) is 0 Å². The predicted molar refractivity (Wildman–Crippen MR) is 116 cm³/mol. The van der Waals surface area contributed by atoms with Crippen LogP contribution in [0.25, 0.3) is 16.8 Å². The highest BCUT2D eigenvalue weighted by Gasteiger charge is 2.48. The lowest BCUT2D eigenvalue weighted by molar-refractivity contribution is 0.106. The van der Waals surface area contributed by atoms with Crippen molar-refractivity contribution in [1.82, 2.24) is 24.6 Å². The Bertz CT molecular complexity index is 1430. The fourth-order valence-electron chi connectivity index (χ4n) is 5.54. The lowest BCUT2D eigenvalue weighted by Gasteiger charge is -2.49. The van der Waals surface area contributed by atoms with Gasteiger partial charge in [0.1, 0.15) is 5.82 Å². The average Bonchev–Trinajstić information content (AvgIpc) is 3.40. The van der Waals surface area contributed by atoms with Crippen LogP contribution in [0.4, 0.5) is 0 Å². The van der Waals surface area contributed by atoms with Gasteiger partial charge in [-0.05, 0) is 62.6 Å². The molecule has 3 fully saturated rings. The van der Waals surface area contributed by atoms with E-state index in [9.17, 15) is 8.42 Å². The molecule has 9 heteroatoms. The molecule has 4 aromatic rings. The molecule has 0 saturated heterocycles. The number of hydrogen-bond acceptors (Lipinski definition) is 6. The first-order chi connectivity index (χ1) is 14.9. The topological polar surface area (TPSA) is 119 Å². The molecular formula is C22H24N6O2S.